The number of rotatable bonds is 1. The van der Waals surface area contributed by atoms with Crippen molar-refractivity contribution in [2.75, 3.05) is 7.05 Å². The van der Waals surface area contributed by atoms with Crippen LogP contribution in [-0.4, -0.2) is 16.7 Å². The molecular weight excluding hydrogens is 247 g/mol. The minimum absolute atomic E-state index is 0.153. The van der Waals surface area contributed by atoms with Gasteiger partial charge in [-0.05, 0) is 33.6 Å². The Morgan fingerprint density at radius 2 is 2.36 bits per heavy atom. The van der Waals surface area contributed by atoms with Gasteiger partial charge in [-0.3, -0.25) is 5.01 Å². The Morgan fingerprint density at radius 1 is 1.57 bits per heavy atom. The smallest absolute Gasteiger partial charge is 0.123 e. The topological polar surface area (TPSA) is 15.6 Å². The molecule has 0 fully saturated rings. The van der Waals surface area contributed by atoms with Gasteiger partial charge >= 0.3 is 0 Å². The Morgan fingerprint density at radius 3 is 2.93 bits per heavy atom. The van der Waals surface area contributed by atoms with Crippen molar-refractivity contribution in [1.82, 2.24) is 5.01 Å². The molecular formula is C10H10BrFN2. The van der Waals surface area contributed by atoms with Crippen LogP contribution in [0.25, 0.3) is 0 Å². The first-order valence-electron chi connectivity index (χ1n) is 4.38. The summed E-state index contributed by atoms with van der Waals surface area (Å²) in [5.41, 5.74) is 0.964. The second kappa shape index (κ2) is 3.69. The molecule has 1 heterocycles. The van der Waals surface area contributed by atoms with E-state index in [1.807, 2.05) is 18.1 Å². The van der Waals surface area contributed by atoms with E-state index in [2.05, 4.69) is 21.0 Å². The number of halogens is 2. The maximum absolute atomic E-state index is 13.0. The van der Waals surface area contributed by atoms with Crippen LogP contribution in [0.1, 0.15) is 18.0 Å². The van der Waals surface area contributed by atoms with Crippen molar-refractivity contribution >= 4 is 20.6 Å². The Kier molecular flexibility index (Phi) is 2.54. The van der Waals surface area contributed by atoms with Crippen LogP contribution in [0.15, 0.2) is 29.4 Å². The van der Waals surface area contributed by atoms with Crippen LogP contribution in [0.5, 0.6) is 0 Å². The molecule has 0 spiro atoms. The summed E-state index contributed by atoms with van der Waals surface area (Å²) in [6.45, 7) is 0. The first-order chi connectivity index (χ1) is 6.66. The van der Waals surface area contributed by atoms with Gasteiger partial charge in [-0.25, -0.2) is 4.39 Å². The zero-order valence-corrected chi connectivity index (χ0v) is 9.33. The van der Waals surface area contributed by atoms with Gasteiger partial charge in [-0.15, -0.1) is 0 Å². The van der Waals surface area contributed by atoms with Crippen molar-refractivity contribution < 1.29 is 4.39 Å². The third kappa shape index (κ3) is 1.80. The molecule has 0 aliphatic carbocycles. The van der Waals surface area contributed by atoms with Gasteiger partial charge in [0.15, 0.2) is 0 Å². The maximum Gasteiger partial charge on any atom is 0.123 e. The van der Waals surface area contributed by atoms with Crippen molar-refractivity contribution in [1.29, 1.82) is 0 Å². The third-order valence-corrected chi connectivity index (χ3v) is 2.79. The van der Waals surface area contributed by atoms with Crippen molar-refractivity contribution in [3.63, 3.8) is 0 Å². The van der Waals surface area contributed by atoms with Crippen LogP contribution in [0.4, 0.5) is 4.39 Å². The highest BCUT2D eigenvalue weighted by Gasteiger charge is 2.23. The monoisotopic (exact) mass is 256 g/mol. The predicted octanol–water partition coefficient (Wildman–Crippen LogP) is 2.91. The number of benzene rings is 1. The Bertz CT molecular complexity index is 378. The third-order valence-electron chi connectivity index (χ3n) is 2.31. The minimum atomic E-state index is -0.195. The first kappa shape index (κ1) is 9.65. The summed E-state index contributed by atoms with van der Waals surface area (Å²) < 4.78 is 13.9. The molecule has 0 bridgehead atoms. The van der Waals surface area contributed by atoms with Crippen LogP contribution < -0.4 is 0 Å². The van der Waals surface area contributed by atoms with Gasteiger partial charge < -0.3 is 0 Å². The lowest BCUT2D eigenvalue weighted by Gasteiger charge is -2.18. The van der Waals surface area contributed by atoms with Gasteiger partial charge in [-0.1, -0.05) is 12.1 Å². The van der Waals surface area contributed by atoms with Crippen LogP contribution in [0.2, 0.25) is 0 Å². The first-order valence-corrected chi connectivity index (χ1v) is 5.17. The SMILES string of the molecule is CN1N=C(Br)CC1c1cccc(F)c1. The van der Waals surface area contributed by atoms with Gasteiger partial charge in [0.25, 0.3) is 0 Å². The molecule has 1 aromatic carbocycles. The van der Waals surface area contributed by atoms with Crippen molar-refractivity contribution in [2.45, 2.75) is 12.5 Å². The maximum atomic E-state index is 13.0. The summed E-state index contributed by atoms with van der Waals surface area (Å²) >= 11 is 3.35. The number of hydrazone groups is 1. The van der Waals surface area contributed by atoms with Gasteiger partial charge in [0, 0.05) is 13.5 Å². The lowest BCUT2D eigenvalue weighted by molar-refractivity contribution is 0.289. The van der Waals surface area contributed by atoms with E-state index in [0.29, 0.717) is 0 Å². The molecule has 1 aromatic rings. The average molecular weight is 257 g/mol. The second-order valence-electron chi connectivity index (χ2n) is 3.32. The van der Waals surface area contributed by atoms with Crippen LogP contribution in [0.3, 0.4) is 0 Å². The fraction of sp³-hybridized carbons (Fsp3) is 0.300. The van der Waals surface area contributed by atoms with Crippen LogP contribution >= 0.6 is 15.9 Å². The fourth-order valence-electron chi connectivity index (χ4n) is 1.62. The molecule has 1 atom stereocenters. The fourth-order valence-corrected chi connectivity index (χ4v) is 2.18. The molecule has 0 amide bonds. The predicted molar refractivity (Wildman–Crippen MR) is 57.9 cm³/mol. The molecule has 2 rings (SSSR count). The van der Waals surface area contributed by atoms with E-state index in [4.69, 9.17) is 0 Å². The minimum Gasteiger partial charge on any atom is -0.291 e. The van der Waals surface area contributed by atoms with E-state index in [9.17, 15) is 4.39 Å². The van der Waals surface area contributed by atoms with Gasteiger partial charge in [0.2, 0.25) is 0 Å². The number of hydrogen-bond acceptors (Lipinski definition) is 2. The highest BCUT2D eigenvalue weighted by atomic mass is 79.9. The standard InChI is InChI=1S/C10H10BrFN2/c1-14-9(6-10(11)13-14)7-3-2-4-8(12)5-7/h2-5,9H,6H2,1H3. The molecule has 1 aliphatic rings. The lowest BCUT2D eigenvalue weighted by atomic mass is 10.1. The summed E-state index contributed by atoms with van der Waals surface area (Å²) in [6.07, 6.45) is 0.806. The van der Waals surface area contributed by atoms with E-state index in [1.165, 1.54) is 6.07 Å². The number of hydrogen-bond donors (Lipinski definition) is 0. The molecule has 2 nitrogen and oxygen atoms in total. The normalized spacial score (nSPS) is 21.2. The largest absolute Gasteiger partial charge is 0.291 e. The molecule has 1 unspecified atom stereocenters. The summed E-state index contributed by atoms with van der Waals surface area (Å²) in [5, 5.41) is 6.07. The molecule has 0 saturated heterocycles. The van der Waals surface area contributed by atoms with Crippen LogP contribution in [0, 0.1) is 5.82 Å². The Labute approximate surface area is 90.5 Å². The van der Waals surface area contributed by atoms with Crippen molar-refractivity contribution in [3.8, 4) is 0 Å². The van der Waals surface area contributed by atoms with Crippen molar-refractivity contribution in [3.05, 3.63) is 35.6 Å². The van der Waals surface area contributed by atoms with E-state index < -0.39 is 0 Å². The molecule has 4 heteroatoms. The van der Waals surface area contributed by atoms with Crippen molar-refractivity contribution in [2.24, 2.45) is 5.10 Å². The molecule has 74 valence electrons. The summed E-state index contributed by atoms with van der Waals surface area (Å²) in [5.74, 6) is -0.195. The Hall–Kier alpha value is -0.900. The quantitative estimate of drug-likeness (QED) is 0.755. The highest BCUT2D eigenvalue weighted by Crippen LogP contribution is 2.30. The molecule has 14 heavy (non-hydrogen) atoms. The molecule has 0 N–H and O–H groups in total. The zero-order chi connectivity index (χ0) is 10.1. The summed E-state index contributed by atoms with van der Waals surface area (Å²) in [6, 6.07) is 6.81. The van der Waals surface area contributed by atoms with E-state index in [0.717, 1.165) is 16.6 Å². The summed E-state index contributed by atoms with van der Waals surface area (Å²) in [4.78, 5) is 0. The second-order valence-corrected chi connectivity index (χ2v) is 4.24. The highest BCUT2D eigenvalue weighted by molar-refractivity contribution is 9.18. The Balaban J connectivity index is 2.25. The zero-order valence-electron chi connectivity index (χ0n) is 7.74. The van der Waals surface area contributed by atoms with E-state index in [1.54, 1.807) is 12.1 Å². The molecule has 0 saturated carbocycles. The number of nitrogens with zero attached hydrogens (tertiary/aromatic N) is 2. The average Bonchev–Trinajstić information content (AvgIpc) is 2.45. The van der Waals surface area contributed by atoms with E-state index >= 15 is 0 Å². The van der Waals surface area contributed by atoms with Gasteiger partial charge in [0.05, 0.1) is 6.04 Å². The molecule has 1 aliphatic heterocycles. The summed E-state index contributed by atoms with van der Waals surface area (Å²) in [7, 11) is 1.89. The molecule has 0 radical (unpaired) electrons. The van der Waals surface area contributed by atoms with Gasteiger partial charge in [0.1, 0.15) is 10.4 Å². The van der Waals surface area contributed by atoms with E-state index in [-0.39, 0.29) is 11.9 Å². The van der Waals surface area contributed by atoms with Gasteiger partial charge in [-0.2, -0.15) is 5.10 Å². The lowest BCUT2D eigenvalue weighted by Crippen LogP contribution is -2.13. The molecule has 0 aromatic heterocycles. The van der Waals surface area contributed by atoms with Crippen LogP contribution in [-0.2, 0) is 0 Å².